The van der Waals surface area contributed by atoms with Crippen LogP contribution in [0.25, 0.3) is 0 Å². The quantitative estimate of drug-likeness (QED) is 0.851. The van der Waals surface area contributed by atoms with Crippen LogP contribution in [0.2, 0.25) is 5.02 Å². The largest absolute Gasteiger partial charge is 0.311 e. The van der Waals surface area contributed by atoms with Crippen LogP contribution in [0, 0.1) is 12.8 Å². The van der Waals surface area contributed by atoms with E-state index >= 15 is 0 Å². The molecule has 0 spiro atoms. The molecule has 0 saturated carbocycles. The van der Waals surface area contributed by atoms with Gasteiger partial charge in [-0.2, -0.15) is 0 Å². The van der Waals surface area contributed by atoms with Crippen molar-refractivity contribution in [3.05, 3.63) is 34.3 Å². The Morgan fingerprint density at radius 1 is 1.28 bits per heavy atom. The number of rotatable bonds is 6. The third-order valence-corrected chi connectivity index (χ3v) is 3.64. The normalized spacial score (nSPS) is 13.3. The van der Waals surface area contributed by atoms with Gasteiger partial charge in [-0.3, -0.25) is 0 Å². The van der Waals surface area contributed by atoms with Crippen LogP contribution in [0.3, 0.4) is 0 Å². The summed E-state index contributed by atoms with van der Waals surface area (Å²) in [5.74, 6) is 0.652. The highest BCUT2D eigenvalue weighted by Gasteiger charge is 2.14. The van der Waals surface area contributed by atoms with Crippen LogP contribution in [0.15, 0.2) is 18.2 Å². The SMILES string of the molecule is Cc1cc(Cl)ccc1CNCC(C(C)C)N(C)C. The number of halogens is 1. The molecule has 3 heteroatoms. The van der Waals surface area contributed by atoms with Gasteiger partial charge in [0, 0.05) is 24.2 Å². The lowest BCUT2D eigenvalue weighted by atomic mass is 10.0. The van der Waals surface area contributed by atoms with E-state index < -0.39 is 0 Å². The predicted octanol–water partition coefficient (Wildman–Crippen LogP) is 3.32. The summed E-state index contributed by atoms with van der Waals surface area (Å²) in [7, 11) is 4.28. The molecule has 0 amide bonds. The van der Waals surface area contributed by atoms with Crippen molar-refractivity contribution in [2.24, 2.45) is 5.92 Å². The van der Waals surface area contributed by atoms with E-state index in [0.717, 1.165) is 18.1 Å². The second kappa shape index (κ2) is 7.13. The highest BCUT2D eigenvalue weighted by atomic mass is 35.5. The number of benzene rings is 1. The third kappa shape index (κ3) is 4.60. The first-order chi connectivity index (χ1) is 8.41. The minimum atomic E-state index is 0.567. The van der Waals surface area contributed by atoms with E-state index in [2.05, 4.69) is 51.1 Å². The van der Waals surface area contributed by atoms with E-state index in [-0.39, 0.29) is 0 Å². The predicted molar refractivity (Wildman–Crippen MR) is 80.2 cm³/mol. The summed E-state index contributed by atoms with van der Waals surface area (Å²) in [6, 6.07) is 6.64. The fourth-order valence-electron chi connectivity index (χ4n) is 2.23. The van der Waals surface area contributed by atoms with E-state index in [0.29, 0.717) is 12.0 Å². The van der Waals surface area contributed by atoms with E-state index in [1.807, 2.05) is 12.1 Å². The van der Waals surface area contributed by atoms with E-state index in [1.165, 1.54) is 11.1 Å². The van der Waals surface area contributed by atoms with E-state index in [1.54, 1.807) is 0 Å². The molecular weight excluding hydrogens is 244 g/mol. The molecule has 0 bridgehead atoms. The van der Waals surface area contributed by atoms with Gasteiger partial charge in [-0.15, -0.1) is 0 Å². The maximum absolute atomic E-state index is 5.96. The Morgan fingerprint density at radius 3 is 2.44 bits per heavy atom. The fraction of sp³-hybridized carbons (Fsp3) is 0.600. The summed E-state index contributed by atoms with van der Waals surface area (Å²) in [5, 5.41) is 4.35. The van der Waals surface area contributed by atoms with Gasteiger partial charge in [0.1, 0.15) is 0 Å². The summed E-state index contributed by atoms with van der Waals surface area (Å²) >= 11 is 5.96. The van der Waals surface area contributed by atoms with Crippen LogP contribution in [-0.2, 0) is 6.54 Å². The zero-order chi connectivity index (χ0) is 13.7. The van der Waals surface area contributed by atoms with Gasteiger partial charge in [-0.1, -0.05) is 31.5 Å². The minimum absolute atomic E-state index is 0.567. The molecule has 1 aromatic carbocycles. The molecular formula is C15H25ClN2. The Labute approximate surface area is 116 Å². The van der Waals surface area contributed by atoms with Crippen molar-refractivity contribution < 1.29 is 0 Å². The molecule has 0 radical (unpaired) electrons. The van der Waals surface area contributed by atoms with Gasteiger partial charge in [-0.05, 0) is 50.2 Å². The van der Waals surface area contributed by atoms with Crippen molar-refractivity contribution in [3.63, 3.8) is 0 Å². The van der Waals surface area contributed by atoms with Gasteiger partial charge in [0.05, 0.1) is 0 Å². The molecule has 1 atom stereocenters. The molecule has 1 N–H and O–H groups in total. The second-order valence-corrected chi connectivity index (χ2v) is 5.91. The van der Waals surface area contributed by atoms with Crippen LogP contribution in [0.1, 0.15) is 25.0 Å². The zero-order valence-corrected chi connectivity index (χ0v) is 12.9. The number of hydrogen-bond acceptors (Lipinski definition) is 2. The van der Waals surface area contributed by atoms with E-state index in [4.69, 9.17) is 11.6 Å². The van der Waals surface area contributed by atoms with Crippen molar-refractivity contribution in [1.29, 1.82) is 0 Å². The average molecular weight is 269 g/mol. The lowest BCUT2D eigenvalue weighted by molar-refractivity contribution is 0.224. The molecule has 0 aliphatic rings. The zero-order valence-electron chi connectivity index (χ0n) is 12.1. The topological polar surface area (TPSA) is 15.3 Å². The van der Waals surface area contributed by atoms with Crippen LogP contribution < -0.4 is 5.32 Å². The first-order valence-corrected chi connectivity index (χ1v) is 6.91. The molecule has 2 nitrogen and oxygen atoms in total. The molecule has 1 aromatic rings. The summed E-state index contributed by atoms with van der Waals surface area (Å²) < 4.78 is 0. The number of likely N-dealkylation sites (N-methyl/N-ethyl adjacent to an activating group) is 1. The number of hydrogen-bond donors (Lipinski definition) is 1. The summed E-state index contributed by atoms with van der Waals surface area (Å²) in [4.78, 5) is 2.28. The molecule has 0 aromatic heterocycles. The molecule has 0 fully saturated rings. The van der Waals surface area contributed by atoms with Gasteiger partial charge in [0.15, 0.2) is 0 Å². The van der Waals surface area contributed by atoms with Crippen LogP contribution >= 0.6 is 11.6 Å². The van der Waals surface area contributed by atoms with Crippen LogP contribution in [0.4, 0.5) is 0 Å². The van der Waals surface area contributed by atoms with Gasteiger partial charge in [0.25, 0.3) is 0 Å². The number of nitrogens with one attached hydrogen (secondary N) is 1. The third-order valence-electron chi connectivity index (χ3n) is 3.41. The molecule has 0 aliphatic heterocycles. The maximum Gasteiger partial charge on any atom is 0.0408 e. The van der Waals surface area contributed by atoms with Gasteiger partial charge >= 0.3 is 0 Å². The Hall–Kier alpha value is -0.570. The molecule has 0 heterocycles. The van der Waals surface area contributed by atoms with Crippen molar-refractivity contribution in [3.8, 4) is 0 Å². The first kappa shape index (κ1) is 15.5. The Balaban J connectivity index is 2.50. The average Bonchev–Trinajstić information content (AvgIpc) is 2.25. The number of nitrogens with zero attached hydrogens (tertiary/aromatic N) is 1. The number of aryl methyl sites for hydroxylation is 1. The molecule has 18 heavy (non-hydrogen) atoms. The lowest BCUT2D eigenvalue weighted by Gasteiger charge is -2.28. The molecule has 102 valence electrons. The minimum Gasteiger partial charge on any atom is -0.311 e. The highest BCUT2D eigenvalue weighted by molar-refractivity contribution is 6.30. The van der Waals surface area contributed by atoms with Crippen LogP contribution in [-0.4, -0.2) is 31.6 Å². The Morgan fingerprint density at radius 2 is 1.94 bits per heavy atom. The standard InChI is InChI=1S/C15H25ClN2/c1-11(2)15(18(4)5)10-17-9-13-6-7-14(16)8-12(13)3/h6-8,11,15,17H,9-10H2,1-5H3. The van der Waals surface area contributed by atoms with Crippen molar-refractivity contribution in [1.82, 2.24) is 10.2 Å². The van der Waals surface area contributed by atoms with Crippen LogP contribution in [0.5, 0.6) is 0 Å². The highest BCUT2D eigenvalue weighted by Crippen LogP contribution is 2.15. The Bertz CT molecular complexity index is 367. The molecule has 1 unspecified atom stereocenters. The van der Waals surface area contributed by atoms with Gasteiger partial charge < -0.3 is 10.2 Å². The second-order valence-electron chi connectivity index (χ2n) is 5.48. The van der Waals surface area contributed by atoms with E-state index in [9.17, 15) is 0 Å². The Kier molecular flexibility index (Phi) is 6.13. The van der Waals surface area contributed by atoms with Gasteiger partial charge in [-0.25, -0.2) is 0 Å². The van der Waals surface area contributed by atoms with Crippen molar-refractivity contribution in [2.45, 2.75) is 33.4 Å². The molecule has 0 aliphatic carbocycles. The summed E-state index contributed by atoms with van der Waals surface area (Å²) in [6.07, 6.45) is 0. The molecule has 0 saturated heterocycles. The summed E-state index contributed by atoms with van der Waals surface area (Å²) in [5.41, 5.74) is 2.57. The monoisotopic (exact) mass is 268 g/mol. The summed E-state index contributed by atoms with van der Waals surface area (Å²) in [6.45, 7) is 8.54. The van der Waals surface area contributed by atoms with Crippen molar-refractivity contribution in [2.75, 3.05) is 20.6 Å². The maximum atomic E-state index is 5.96. The van der Waals surface area contributed by atoms with Crippen molar-refractivity contribution >= 4 is 11.6 Å². The smallest absolute Gasteiger partial charge is 0.0408 e. The fourth-order valence-corrected chi connectivity index (χ4v) is 2.45. The first-order valence-electron chi connectivity index (χ1n) is 6.54. The molecule has 1 rings (SSSR count). The van der Waals surface area contributed by atoms with Gasteiger partial charge in [0.2, 0.25) is 0 Å². The lowest BCUT2D eigenvalue weighted by Crippen LogP contribution is -2.41.